The number of allylic oxidation sites excluding steroid dienone is 6. The number of ether oxygens (including phenoxy) is 5. The van der Waals surface area contributed by atoms with E-state index in [9.17, 15) is 40.0 Å². The Hall–Kier alpha value is -3.37. The van der Waals surface area contributed by atoms with Gasteiger partial charge in [-0.2, -0.15) is 0 Å². The highest BCUT2D eigenvalue weighted by molar-refractivity contribution is 6.39. The highest BCUT2D eigenvalue weighted by atomic mass is 16.6. The first-order chi connectivity index (χ1) is 50.4. The zero-order valence-corrected chi connectivity index (χ0v) is 36.4. The van der Waals surface area contributed by atoms with Crippen LogP contribution in [0.4, 0.5) is 0 Å². The molecular formula is C52H81NO13. The molecule has 0 spiro atoms. The maximum absolute atomic E-state index is 16.0. The van der Waals surface area contributed by atoms with Gasteiger partial charge in [0.15, 0.2) is 5.78 Å². The van der Waals surface area contributed by atoms with E-state index in [4.69, 9.17) is 59.4 Å². The van der Waals surface area contributed by atoms with Gasteiger partial charge in [-0.05, 0) is 106 Å². The summed E-state index contributed by atoms with van der Waals surface area (Å²) in [5.74, 6) is -55.6. The quantitative estimate of drug-likeness (QED) is 0.150. The van der Waals surface area contributed by atoms with E-state index in [-0.39, 0.29) is 41.9 Å². The lowest BCUT2D eigenvalue weighted by Gasteiger charge is -2.42. The molecule has 1 saturated carbocycles. The summed E-state index contributed by atoms with van der Waals surface area (Å²) < 4.78 is 484. The fourth-order valence-electron chi connectivity index (χ4n) is 5.09. The second kappa shape index (κ2) is 25.3. The molecule has 1 amide bonds. The topological polar surface area (TPSA) is 195 Å². The van der Waals surface area contributed by atoms with Gasteiger partial charge in [0.05, 0.1) is 47.6 Å². The van der Waals surface area contributed by atoms with Crippen molar-refractivity contribution in [3.63, 3.8) is 0 Å². The van der Waals surface area contributed by atoms with Gasteiger partial charge in [0, 0.05) is 105 Å². The number of piperidine rings is 1. The van der Waals surface area contributed by atoms with Gasteiger partial charge < -0.3 is 43.9 Å². The molecule has 3 fully saturated rings. The second-order valence-electron chi connectivity index (χ2n) is 13.3. The van der Waals surface area contributed by atoms with Gasteiger partial charge in [-0.3, -0.25) is 19.2 Å². The van der Waals surface area contributed by atoms with Crippen molar-refractivity contribution < 1.29 is 133 Å². The first-order valence-corrected chi connectivity index (χ1v) is 18.6. The van der Waals surface area contributed by atoms with Crippen LogP contribution in [0.1, 0.15) is 195 Å². The molecular weight excluding hydrogens is 847 g/mol. The Morgan fingerprint density at radius 3 is 2.41 bits per heavy atom. The lowest BCUT2D eigenvalue weighted by atomic mass is 9.78. The van der Waals surface area contributed by atoms with Crippen molar-refractivity contribution >= 4 is 29.2 Å². The lowest BCUT2D eigenvalue weighted by Crippen LogP contribution is -2.61. The van der Waals surface area contributed by atoms with E-state index in [0.717, 1.165) is 0 Å². The Bertz CT molecular complexity index is 4230. The van der Waals surface area contributed by atoms with Crippen molar-refractivity contribution in [3.8, 4) is 0 Å². The Morgan fingerprint density at radius 1 is 0.985 bits per heavy atom. The van der Waals surface area contributed by atoms with Crippen LogP contribution in [0, 0.1) is 41.3 Å². The van der Waals surface area contributed by atoms with Crippen molar-refractivity contribution in [2.24, 2.45) is 41.3 Å². The maximum Gasteiger partial charge on any atom is 0.329 e. The van der Waals surface area contributed by atoms with Gasteiger partial charge in [-0.25, -0.2) is 4.79 Å². The van der Waals surface area contributed by atoms with Crippen LogP contribution < -0.4 is 0 Å². The summed E-state index contributed by atoms with van der Waals surface area (Å²) in [5.41, 5.74) is -4.87. The smallest absolute Gasteiger partial charge is 0.329 e. The Balaban J connectivity index is 2.68. The van der Waals surface area contributed by atoms with E-state index in [1.807, 2.05) is 0 Å². The van der Waals surface area contributed by atoms with E-state index >= 15 is 24.0 Å². The minimum absolute atomic E-state index is 0.0856. The van der Waals surface area contributed by atoms with Gasteiger partial charge in [-0.1, -0.05) is 77.9 Å². The molecule has 0 radical (unpaired) electrons. The third kappa shape index (κ3) is 13.9. The third-order valence-corrected chi connectivity index (χ3v) is 8.97. The summed E-state index contributed by atoms with van der Waals surface area (Å²) in [6.07, 6.45) is -96.4. The number of hydrogen-bond acceptors (Lipinski definition) is 13. The van der Waals surface area contributed by atoms with Crippen LogP contribution >= 0.6 is 0 Å². The molecule has 0 aromatic rings. The Morgan fingerprint density at radius 2 is 1.73 bits per heavy atom. The van der Waals surface area contributed by atoms with Crippen LogP contribution in [0.5, 0.6) is 0 Å². The monoisotopic (exact) mass is 979 g/mol. The summed E-state index contributed by atoms with van der Waals surface area (Å²) in [6.45, 7) is -10.6. The average Bonchev–Trinajstić information content (AvgIpc) is 0.647. The lowest BCUT2D eigenvalue weighted by molar-refractivity contribution is -0.265. The zero-order valence-electron chi connectivity index (χ0n) is 87.4. The van der Waals surface area contributed by atoms with Crippen LogP contribution in [-0.4, -0.2) is 132 Å². The van der Waals surface area contributed by atoms with Crippen LogP contribution in [0.2, 0.25) is 0 Å². The molecule has 66 heavy (non-hydrogen) atoms. The summed E-state index contributed by atoms with van der Waals surface area (Å²) >= 11 is 0. The number of amides is 1. The second-order valence-corrected chi connectivity index (χ2v) is 13.3. The Kier molecular flexibility index (Phi) is 6.70. The average molecular weight is 980 g/mol. The maximum atomic E-state index is 16.0. The number of ketones is 3. The minimum Gasteiger partial charge on any atom is -0.460 e. The molecule has 3 N–H and O–H groups in total. The number of Topliss-reactive ketones (excluding diaryl/α,β-unsaturated/α-hetero) is 3. The summed E-state index contributed by atoms with van der Waals surface area (Å²) in [5, 5.41) is 36.3. The number of hydrogen-bond donors (Lipinski definition) is 3. The number of esters is 1. The normalized spacial score (nSPS) is 76.9. The van der Waals surface area contributed by atoms with Crippen molar-refractivity contribution in [3.05, 3.63) is 47.5 Å². The summed E-state index contributed by atoms with van der Waals surface area (Å²) in [4.78, 5) is 76.0. The molecule has 1 unspecified atom stereocenters. The SMILES string of the molecule is [2H]C1=C([2H])C([2H])=C(C([2H])([2H])[2H])[C@@]([2H])(OC([2H])([2H])[2H])C([2H])([2H])[C@@]2([2H])O[C@@](O)(C(=O)C(=O)N3C([2H])([2H])C([2H])([2H])C([2H])([2H])C([2H])([2H])[C@@]3([2H])C(=O)O[C@]([2H])([C@]([2H])(C)C([2H])([2H])[C@]3([2H])C([2H])([2H])C([2H])([2H])[C@@]([2H])(O)[C@]([2H])(OC)C3([2H])[2H])C([2H])([2H])C(=O)[C@]([2H])(C)/C([2H])=C(\C)[C@@]([2H])(O)[C@@]([2H])(OC)C(=O)[C@]([2H])(C)C([2H])(C)[C@]([2H])(C)C([2H])=C1[2H])[C@]([2H])(C)C([2H])([2H])C2([2H])[2H]. The van der Waals surface area contributed by atoms with Crippen LogP contribution in [0.15, 0.2) is 47.5 Å². The van der Waals surface area contributed by atoms with E-state index in [0.29, 0.717) is 13.8 Å². The van der Waals surface area contributed by atoms with E-state index in [2.05, 4.69) is 9.47 Å². The molecule has 372 valence electrons. The summed E-state index contributed by atoms with van der Waals surface area (Å²) in [7, 11) is -4.50. The largest absolute Gasteiger partial charge is 0.460 e. The highest BCUT2D eigenvalue weighted by Crippen LogP contribution is 2.38. The predicted octanol–water partition coefficient (Wildman–Crippen LogP) is 6.43. The van der Waals surface area contributed by atoms with E-state index < -0.39 is 275 Å². The first kappa shape index (κ1) is 17.5. The molecule has 16 atom stereocenters. The number of fused-ring (bicyclic) bond motifs is 3. The van der Waals surface area contributed by atoms with Gasteiger partial charge in [0.25, 0.3) is 11.7 Å². The van der Waals surface area contributed by atoms with Crippen molar-refractivity contribution in [1.82, 2.24) is 4.90 Å². The van der Waals surface area contributed by atoms with Crippen molar-refractivity contribution in [2.45, 2.75) is 180 Å². The molecule has 2 bridgehead atoms. The number of nitrogens with zero attached hydrogens (tertiary/aromatic N) is 1. The highest BCUT2D eigenvalue weighted by Gasteiger charge is 2.53. The molecule has 4 aliphatic rings. The number of carbonyl (C=O) groups is 5. The first-order valence-electron chi connectivity index (χ1n) is 44.1. The van der Waals surface area contributed by atoms with Crippen LogP contribution in [-0.2, 0) is 47.7 Å². The number of carbonyl (C=O) groups excluding carboxylic acids is 5. The van der Waals surface area contributed by atoms with E-state index in [1.165, 1.54) is 0 Å². The van der Waals surface area contributed by atoms with Gasteiger partial charge >= 0.3 is 5.97 Å². The molecule has 4 rings (SSSR count). The van der Waals surface area contributed by atoms with E-state index in [1.54, 1.807) is 0 Å². The fraction of sp³-hybridized carbons (Fsp3) is 0.750. The fourth-order valence-corrected chi connectivity index (χ4v) is 5.09. The van der Waals surface area contributed by atoms with Crippen molar-refractivity contribution in [2.75, 3.05) is 27.8 Å². The van der Waals surface area contributed by atoms with Gasteiger partial charge in [0.2, 0.25) is 5.79 Å². The zero-order chi connectivity index (χ0) is 94.6. The standard InChI is InChI=1S/C52H81NO13/c1-30-17-13-12-14-18-31(2)43(62-9)28-39-22-20-35(6)52(61,66-39)49(58)50(59)53-24-16-15-19-40(53)51(60)65-44(33(4)26-38-21-23-41(54)45(27-38)63-10)29-42(55)32(3)25-34(5)46(56)48(64-11)47(57)37(8)36(30)7/h12-14,17-18,25,30,32-33,35-41,43-46,48,54,56,61H,15-16,19-24,26-29H2,1-11H3/b14-12?,17-13?,31-18?,34-25+/t30-,32-,33-,35-,36?,37-,38+,39+,40+,41-,43+,44+,45-,46-,48-,52-/m1/s1/i2D3,9D3,12D,13D,14D,15D2,16D2,17D,18D,19D2,20D2,21D2,22D2,23D2,24D2,25D,26D2,27D2,28D2,29D2,30D,32D,33D,35D,36D,37D,38D,39D,40D,41D,43D,44D,45D,46D,48D. The van der Waals surface area contributed by atoms with Crippen LogP contribution in [0.25, 0.3) is 0 Å². The molecule has 14 nitrogen and oxygen atoms in total. The predicted molar refractivity (Wildman–Crippen MR) is 250 cm³/mol. The van der Waals surface area contributed by atoms with Crippen LogP contribution in [0.3, 0.4) is 0 Å². The summed E-state index contributed by atoms with van der Waals surface area (Å²) in [6, 6.07) is -19.8. The number of methoxy groups -OCH3 is 3. The molecule has 1 aliphatic carbocycles. The molecule has 3 aliphatic heterocycles. The third-order valence-electron chi connectivity index (χ3n) is 8.97. The number of rotatable bonds is 6. The number of aliphatic hydroxyl groups is 3. The molecule has 0 aromatic heterocycles. The van der Waals surface area contributed by atoms with Gasteiger partial charge in [0.1, 0.15) is 30.0 Å². The van der Waals surface area contributed by atoms with Crippen molar-refractivity contribution in [1.29, 1.82) is 0 Å². The number of cyclic esters (lactones) is 1. The van der Waals surface area contributed by atoms with Gasteiger partial charge in [-0.15, -0.1) is 0 Å². The minimum atomic E-state index is -6.15. The Labute approximate surface area is 465 Å². The molecule has 0 aromatic carbocycles. The molecule has 14 heteroatoms. The molecule has 3 heterocycles. The molecule has 2 saturated heterocycles.